The zero-order valence-corrected chi connectivity index (χ0v) is 19.3. The summed E-state index contributed by atoms with van der Waals surface area (Å²) in [4.78, 5) is 10.3. The minimum atomic E-state index is -0.437. The molecule has 2 aliphatic carbocycles. The van der Waals surface area contributed by atoms with Crippen molar-refractivity contribution in [3.63, 3.8) is 0 Å². The van der Waals surface area contributed by atoms with Gasteiger partial charge < -0.3 is 0 Å². The molecule has 3 atom stereocenters. The van der Waals surface area contributed by atoms with Crippen molar-refractivity contribution in [1.82, 2.24) is 0 Å². The zero-order chi connectivity index (χ0) is 22.2. The zero-order valence-electron chi connectivity index (χ0n) is 19.3. The molecule has 0 spiro atoms. The normalized spacial score (nSPS) is 30.2. The molecule has 4 aliphatic rings. The van der Waals surface area contributed by atoms with Gasteiger partial charge in [-0.05, 0) is 85.6 Å². The van der Waals surface area contributed by atoms with Crippen molar-refractivity contribution in [2.45, 2.75) is 52.6 Å². The van der Waals surface area contributed by atoms with E-state index in [1.165, 1.54) is 27.9 Å². The van der Waals surface area contributed by atoms with E-state index >= 15 is 0 Å². The summed E-state index contributed by atoms with van der Waals surface area (Å²) in [6, 6.07) is -0.0320. The lowest BCUT2D eigenvalue weighted by Crippen LogP contribution is -2.46. The average Bonchev–Trinajstić information content (AvgIpc) is 2.73. The van der Waals surface area contributed by atoms with E-state index in [1.807, 2.05) is 13.0 Å². The molecule has 0 bridgehead atoms. The van der Waals surface area contributed by atoms with E-state index in [-0.39, 0.29) is 6.04 Å². The highest BCUT2D eigenvalue weighted by molar-refractivity contribution is 6.00. The summed E-state index contributed by atoms with van der Waals surface area (Å²) in [6.45, 7) is 14.7. The Kier molecular flexibility index (Phi) is 5.66. The van der Waals surface area contributed by atoms with Crippen LogP contribution in [0.15, 0.2) is 117 Å². The molecule has 0 aromatic rings. The van der Waals surface area contributed by atoms with Crippen molar-refractivity contribution < 1.29 is 0 Å². The predicted octanol–water partition coefficient (Wildman–Crippen LogP) is 6.99. The van der Waals surface area contributed by atoms with Crippen LogP contribution in [0.25, 0.3) is 0 Å². The Hall–Kier alpha value is -3.00. The van der Waals surface area contributed by atoms with Crippen LogP contribution in [0.4, 0.5) is 0 Å². The predicted molar refractivity (Wildman–Crippen MR) is 135 cm³/mol. The van der Waals surface area contributed by atoms with Crippen LogP contribution in [0.3, 0.4) is 0 Å². The minimum absolute atomic E-state index is 0.0320. The van der Waals surface area contributed by atoms with Crippen molar-refractivity contribution in [3.05, 3.63) is 107 Å². The van der Waals surface area contributed by atoms with Gasteiger partial charge in [-0.15, -0.1) is 0 Å². The molecule has 2 heteroatoms. The lowest BCUT2D eigenvalue weighted by atomic mass is 9.68. The van der Waals surface area contributed by atoms with Crippen LogP contribution >= 0.6 is 0 Å². The summed E-state index contributed by atoms with van der Waals surface area (Å²) < 4.78 is 0. The number of aliphatic imine (C=N–C) groups is 2. The van der Waals surface area contributed by atoms with Gasteiger partial charge in [0.25, 0.3) is 0 Å². The fourth-order valence-electron chi connectivity index (χ4n) is 4.98. The maximum absolute atomic E-state index is 5.18. The molecule has 31 heavy (non-hydrogen) atoms. The van der Waals surface area contributed by atoms with Gasteiger partial charge in [0.1, 0.15) is 11.6 Å². The van der Waals surface area contributed by atoms with Gasteiger partial charge in [0, 0.05) is 11.4 Å². The quantitative estimate of drug-likeness (QED) is 0.448. The van der Waals surface area contributed by atoms with Crippen LogP contribution in [0.5, 0.6) is 0 Å². The molecule has 0 radical (unpaired) electrons. The third-order valence-electron chi connectivity index (χ3n) is 6.43. The third-order valence-corrected chi connectivity index (χ3v) is 6.43. The first-order valence-electron chi connectivity index (χ1n) is 11.2. The second-order valence-electron chi connectivity index (χ2n) is 8.98. The summed E-state index contributed by atoms with van der Waals surface area (Å²) in [5.41, 5.74) is 9.09. The van der Waals surface area contributed by atoms with Crippen molar-refractivity contribution >= 4 is 11.4 Å². The monoisotopic (exact) mass is 408 g/mol. The van der Waals surface area contributed by atoms with Crippen LogP contribution in [-0.4, -0.2) is 23.0 Å². The molecular weight excluding hydrogens is 376 g/mol. The van der Waals surface area contributed by atoms with Gasteiger partial charge in [0.15, 0.2) is 0 Å². The Morgan fingerprint density at radius 3 is 2.68 bits per heavy atom. The van der Waals surface area contributed by atoms with Crippen LogP contribution in [-0.2, 0) is 0 Å². The second kappa shape index (κ2) is 8.26. The molecule has 0 amide bonds. The van der Waals surface area contributed by atoms with E-state index in [1.54, 1.807) is 0 Å². The Bertz CT molecular complexity index is 1120. The first-order valence-corrected chi connectivity index (χ1v) is 11.2. The van der Waals surface area contributed by atoms with Crippen LogP contribution < -0.4 is 0 Å². The van der Waals surface area contributed by atoms with Gasteiger partial charge in [-0.25, -0.2) is 0 Å². The molecule has 0 aromatic carbocycles. The number of nitrogens with zero attached hydrogens (tertiary/aromatic N) is 2. The summed E-state index contributed by atoms with van der Waals surface area (Å²) in [6.07, 6.45) is 25.1. The van der Waals surface area contributed by atoms with Gasteiger partial charge in [0.05, 0.1) is 0 Å². The molecule has 2 aliphatic heterocycles. The largest absolute Gasteiger partial charge is 0.279 e. The third kappa shape index (κ3) is 3.76. The van der Waals surface area contributed by atoms with Gasteiger partial charge in [-0.3, -0.25) is 9.98 Å². The molecule has 0 saturated carbocycles. The number of hydrogen-bond acceptors (Lipinski definition) is 2. The molecule has 0 fully saturated rings. The van der Waals surface area contributed by atoms with E-state index in [0.717, 1.165) is 23.4 Å². The van der Waals surface area contributed by atoms with Crippen molar-refractivity contribution in [1.29, 1.82) is 0 Å². The highest BCUT2D eigenvalue weighted by Crippen LogP contribution is 2.47. The van der Waals surface area contributed by atoms with Crippen molar-refractivity contribution in [2.75, 3.05) is 0 Å². The Morgan fingerprint density at radius 1 is 1.19 bits per heavy atom. The Morgan fingerprint density at radius 2 is 2.00 bits per heavy atom. The van der Waals surface area contributed by atoms with Gasteiger partial charge in [-0.1, -0.05) is 68.2 Å². The minimum Gasteiger partial charge on any atom is -0.279 e. The van der Waals surface area contributed by atoms with Gasteiger partial charge in [0.2, 0.25) is 0 Å². The summed E-state index contributed by atoms with van der Waals surface area (Å²) in [5, 5.41) is 0. The van der Waals surface area contributed by atoms with Crippen LogP contribution in [0.2, 0.25) is 0 Å². The van der Waals surface area contributed by atoms with E-state index in [0.29, 0.717) is 5.92 Å². The fraction of sp³-hybridized carbons (Fsp3) is 0.310. The number of hydrogen-bond donors (Lipinski definition) is 0. The number of rotatable bonds is 4. The molecule has 2 nitrogen and oxygen atoms in total. The van der Waals surface area contributed by atoms with E-state index in [4.69, 9.17) is 9.98 Å². The molecule has 158 valence electrons. The molecule has 4 rings (SSSR count). The first-order chi connectivity index (χ1) is 14.9. The van der Waals surface area contributed by atoms with E-state index < -0.39 is 5.54 Å². The second-order valence-corrected chi connectivity index (χ2v) is 8.98. The maximum atomic E-state index is 5.18. The standard InChI is InChI=1S/C29H32N2/c1-7-9-22(10-8-2)26-18-21(5)31-29(6)27(26)16-15-24-25(17-20(4)30-28(24)29)23-13-11-19(3)12-14-23/h7-11,13-19,28H,1,12H2,2-6H3/b10-8-,22-9+. The van der Waals surface area contributed by atoms with Crippen LogP contribution in [0.1, 0.15) is 41.0 Å². The Balaban J connectivity index is 1.86. The Labute approximate surface area is 187 Å². The van der Waals surface area contributed by atoms with Crippen molar-refractivity contribution in [3.8, 4) is 0 Å². The first kappa shape index (κ1) is 21.2. The smallest absolute Gasteiger partial charge is 0.110 e. The molecular formula is C29H32N2. The van der Waals surface area contributed by atoms with Gasteiger partial charge >= 0.3 is 0 Å². The topological polar surface area (TPSA) is 24.7 Å². The highest BCUT2D eigenvalue weighted by atomic mass is 15.0. The summed E-state index contributed by atoms with van der Waals surface area (Å²) in [7, 11) is 0. The van der Waals surface area contributed by atoms with E-state index in [9.17, 15) is 0 Å². The lowest BCUT2D eigenvalue weighted by Gasteiger charge is -2.43. The van der Waals surface area contributed by atoms with E-state index in [2.05, 4.69) is 95.0 Å². The maximum Gasteiger partial charge on any atom is 0.110 e. The van der Waals surface area contributed by atoms with Gasteiger partial charge in [-0.2, -0.15) is 0 Å². The molecule has 2 heterocycles. The number of allylic oxidation sites excluding steroid dienone is 13. The summed E-state index contributed by atoms with van der Waals surface area (Å²) in [5.74, 6) is 0.600. The number of dihydropyridines is 2. The molecule has 0 saturated heterocycles. The molecule has 0 N–H and O–H groups in total. The lowest BCUT2D eigenvalue weighted by molar-refractivity contribution is 0.478. The summed E-state index contributed by atoms with van der Waals surface area (Å²) >= 11 is 0. The SMILES string of the molecule is C=C/C=C(\C=C/C)C1=CC(C)=NC2(C)C1=CC=C1C(C3=CCC(C)C=C3)=CC(C)=NC12. The van der Waals surface area contributed by atoms with Crippen LogP contribution in [0, 0.1) is 5.92 Å². The average molecular weight is 409 g/mol. The van der Waals surface area contributed by atoms with Crippen molar-refractivity contribution in [2.24, 2.45) is 15.9 Å². The fourth-order valence-corrected chi connectivity index (χ4v) is 4.98. The molecule has 3 unspecified atom stereocenters. The number of fused-ring (bicyclic) bond motifs is 3. The molecule has 0 aromatic heterocycles. The highest BCUT2D eigenvalue weighted by Gasteiger charge is 2.46.